The molecule has 0 atom stereocenters. The van der Waals surface area contributed by atoms with Crippen LogP contribution in [-0.2, 0) is 11.3 Å². The van der Waals surface area contributed by atoms with Gasteiger partial charge >= 0.3 is 0 Å². The molecule has 1 heterocycles. The fourth-order valence-electron chi connectivity index (χ4n) is 1.31. The molecular weight excluding hydrogens is 208 g/mol. The van der Waals surface area contributed by atoms with E-state index in [-0.39, 0.29) is 5.91 Å². The third-order valence-electron chi connectivity index (χ3n) is 2.19. The van der Waals surface area contributed by atoms with Crippen LogP contribution in [0.15, 0.2) is 0 Å². The summed E-state index contributed by atoms with van der Waals surface area (Å²) in [4.78, 5) is 11.3. The Labute approximate surface area is 94.2 Å². The minimum Gasteiger partial charge on any atom is -0.349 e. The van der Waals surface area contributed by atoms with Crippen molar-refractivity contribution in [2.24, 2.45) is 5.73 Å². The predicted octanol–water partition coefficient (Wildman–Crippen LogP) is -0.275. The standard InChI is InChI=1S/C9H18N6O/c10-6-4-2-1-3-5-9(16)11-7-8-12-14-15-13-8/h1-7,10H2,(H,11,16)(H,12,13,14,15). The number of carbonyl (C=O) groups excluding carboxylic acids is 1. The Kier molecular flexibility index (Phi) is 6.09. The van der Waals surface area contributed by atoms with Gasteiger partial charge in [0.2, 0.25) is 5.91 Å². The normalized spacial score (nSPS) is 10.3. The molecule has 0 aliphatic heterocycles. The molecule has 90 valence electrons. The number of hydrogen-bond donors (Lipinski definition) is 3. The maximum Gasteiger partial charge on any atom is 0.220 e. The first-order chi connectivity index (χ1) is 7.83. The molecule has 0 spiro atoms. The van der Waals surface area contributed by atoms with Crippen molar-refractivity contribution in [2.75, 3.05) is 6.54 Å². The van der Waals surface area contributed by atoms with E-state index in [0.29, 0.717) is 18.8 Å². The summed E-state index contributed by atoms with van der Waals surface area (Å²) in [5, 5.41) is 15.9. The van der Waals surface area contributed by atoms with E-state index in [0.717, 1.165) is 32.2 Å². The Morgan fingerprint density at radius 1 is 1.31 bits per heavy atom. The number of aromatic amines is 1. The number of rotatable bonds is 8. The Morgan fingerprint density at radius 3 is 2.81 bits per heavy atom. The lowest BCUT2D eigenvalue weighted by Gasteiger charge is -2.02. The van der Waals surface area contributed by atoms with E-state index in [9.17, 15) is 4.79 Å². The third kappa shape index (κ3) is 5.40. The van der Waals surface area contributed by atoms with Crippen LogP contribution in [0.2, 0.25) is 0 Å². The quantitative estimate of drug-likeness (QED) is 0.528. The van der Waals surface area contributed by atoms with Gasteiger partial charge in [0.1, 0.15) is 0 Å². The minimum absolute atomic E-state index is 0.0255. The fraction of sp³-hybridized carbons (Fsp3) is 0.778. The smallest absolute Gasteiger partial charge is 0.220 e. The molecule has 0 aliphatic carbocycles. The Balaban J connectivity index is 1.99. The molecule has 0 radical (unpaired) electrons. The molecule has 16 heavy (non-hydrogen) atoms. The highest BCUT2D eigenvalue weighted by Crippen LogP contribution is 2.01. The van der Waals surface area contributed by atoms with E-state index in [1.165, 1.54) is 0 Å². The monoisotopic (exact) mass is 226 g/mol. The summed E-state index contributed by atoms with van der Waals surface area (Å²) in [6, 6.07) is 0. The number of nitrogens with zero attached hydrogens (tertiary/aromatic N) is 3. The van der Waals surface area contributed by atoms with Crippen molar-refractivity contribution >= 4 is 5.91 Å². The van der Waals surface area contributed by atoms with Gasteiger partial charge in [-0.05, 0) is 19.4 Å². The van der Waals surface area contributed by atoms with Crippen LogP contribution in [0.5, 0.6) is 0 Å². The molecule has 1 rings (SSSR count). The fourth-order valence-corrected chi connectivity index (χ4v) is 1.31. The lowest BCUT2D eigenvalue weighted by molar-refractivity contribution is -0.121. The number of carbonyl (C=O) groups is 1. The molecule has 1 aromatic heterocycles. The van der Waals surface area contributed by atoms with Gasteiger partial charge in [0.25, 0.3) is 0 Å². The van der Waals surface area contributed by atoms with Crippen molar-refractivity contribution < 1.29 is 4.79 Å². The summed E-state index contributed by atoms with van der Waals surface area (Å²) in [6.45, 7) is 1.06. The molecule has 0 saturated heterocycles. The first-order valence-corrected chi connectivity index (χ1v) is 5.52. The van der Waals surface area contributed by atoms with Crippen LogP contribution in [0.25, 0.3) is 0 Å². The van der Waals surface area contributed by atoms with Gasteiger partial charge in [-0.25, -0.2) is 0 Å². The zero-order valence-electron chi connectivity index (χ0n) is 9.28. The van der Waals surface area contributed by atoms with Crippen LogP contribution in [0.4, 0.5) is 0 Å². The van der Waals surface area contributed by atoms with E-state index >= 15 is 0 Å². The molecule has 0 aromatic carbocycles. The highest BCUT2D eigenvalue weighted by atomic mass is 16.1. The number of aromatic nitrogens is 4. The second-order valence-corrected chi connectivity index (χ2v) is 3.56. The number of amides is 1. The number of nitrogens with one attached hydrogen (secondary N) is 2. The van der Waals surface area contributed by atoms with E-state index in [2.05, 4.69) is 25.9 Å². The highest BCUT2D eigenvalue weighted by Gasteiger charge is 2.03. The summed E-state index contributed by atoms with van der Waals surface area (Å²) in [7, 11) is 0. The van der Waals surface area contributed by atoms with Gasteiger partial charge in [-0.1, -0.05) is 18.1 Å². The maximum absolute atomic E-state index is 11.3. The number of unbranched alkanes of at least 4 members (excludes halogenated alkanes) is 3. The highest BCUT2D eigenvalue weighted by molar-refractivity contribution is 5.75. The average molecular weight is 226 g/mol. The molecule has 7 heteroatoms. The molecule has 1 amide bonds. The van der Waals surface area contributed by atoms with Crippen LogP contribution < -0.4 is 11.1 Å². The second-order valence-electron chi connectivity index (χ2n) is 3.56. The van der Waals surface area contributed by atoms with Crippen LogP contribution in [-0.4, -0.2) is 33.1 Å². The first-order valence-electron chi connectivity index (χ1n) is 5.52. The van der Waals surface area contributed by atoms with E-state index in [1.807, 2.05) is 0 Å². The summed E-state index contributed by atoms with van der Waals surface area (Å²) in [5.41, 5.74) is 5.37. The van der Waals surface area contributed by atoms with E-state index in [4.69, 9.17) is 5.73 Å². The molecule has 7 nitrogen and oxygen atoms in total. The number of nitrogens with two attached hydrogens (primary N) is 1. The number of tetrazole rings is 1. The van der Waals surface area contributed by atoms with Crippen molar-refractivity contribution in [1.29, 1.82) is 0 Å². The lowest BCUT2D eigenvalue weighted by Crippen LogP contribution is -2.23. The molecule has 0 saturated carbocycles. The first kappa shape index (κ1) is 12.6. The topological polar surface area (TPSA) is 110 Å². The number of H-pyrrole nitrogens is 1. The van der Waals surface area contributed by atoms with Gasteiger partial charge in [-0.15, -0.1) is 10.2 Å². The van der Waals surface area contributed by atoms with Crippen molar-refractivity contribution in [3.8, 4) is 0 Å². The molecule has 4 N–H and O–H groups in total. The lowest BCUT2D eigenvalue weighted by atomic mass is 10.1. The van der Waals surface area contributed by atoms with Crippen molar-refractivity contribution in [3.63, 3.8) is 0 Å². The third-order valence-corrected chi connectivity index (χ3v) is 2.19. The molecule has 0 fully saturated rings. The zero-order valence-corrected chi connectivity index (χ0v) is 9.28. The van der Waals surface area contributed by atoms with Crippen LogP contribution >= 0.6 is 0 Å². The predicted molar refractivity (Wildman–Crippen MR) is 58.2 cm³/mol. The number of hydrogen-bond acceptors (Lipinski definition) is 5. The van der Waals surface area contributed by atoms with Gasteiger partial charge < -0.3 is 11.1 Å². The van der Waals surface area contributed by atoms with Crippen molar-refractivity contribution in [1.82, 2.24) is 25.9 Å². The van der Waals surface area contributed by atoms with Crippen LogP contribution in [0.1, 0.15) is 37.9 Å². The van der Waals surface area contributed by atoms with Crippen LogP contribution in [0.3, 0.4) is 0 Å². The van der Waals surface area contributed by atoms with Gasteiger partial charge in [0, 0.05) is 6.42 Å². The molecular formula is C9H18N6O. The molecule has 1 aromatic rings. The average Bonchev–Trinajstić information content (AvgIpc) is 2.79. The van der Waals surface area contributed by atoms with Gasteiger partial charge in [-0.3, -0.25) is 4.79 Å². The largest absolute Gasteiger partial charge is 0.349 e. The summed E-state index contributed by atoms with van der Waals surface area (Å²) in [6.07, 6.45) is 4.62. The van der Waals surface area contributed by atoms with E-state index < -0.39 is 0 Å². The Bertz CT molecular complexity index is 286. The molecule has 0 unspecified atom stereocenters. The SMILES string of the molecule is NCCCCCCC(=O)NCc1nn[nH]n1. The van der Waals surface area contributed by atoms with Crippen molar-refractivity contribution in [3.05, 3.63) is 5.82 Å². The zero-order chi connectivity index (χ0) is 11.6. The van der Waals surface area contributed by atoms with Crippen LogP contribution in [0, 0.1) is 0 Å². The van der Waals surface area contributed by atoms with Gasteiger partial charge in [0.15, 0.2) is 5.82 Å². The summed E-state index contributed by atoms with van der Waals surface area (Å²) < 4.78 is 0. The Morgan fingerprint density at radius 2 is 2.12 bits per heavy atom. The van der Waals surface area contributed by atoms with Gasteiger partial charge in [-0.2, -0.15) is 5.21 Å². The Hall–Kier alpha value is -1.50. The van der Waals surface area contributed by atoms with Crippen molar-refractivity contribution in [2.45, 2.75) is 38.6 Å². The molecule has 0 aliphatic rings. The molecule has 0 bridgehead atoms. The summed E-state index contributed by atoms with van der Waals surface area (Å²) in [5.74, 6) is 0.522. The van der Waals surface area contributed by atoms with Gasteiger partial charge in [0.05, 0.1) is 6.54 Å². The van der Waals surface area contributed by atoms with E-state index in [1.54, 1.807) is 0 Å². The minimum atomic E-state index is 0.0255. The maximum atomic E-state index is 11.3. The summed E-state index contributed by atoms with van der Waals surface area (Å²) >= 11 is 0. The second kappa shape index (κ2) is 7.75.